The maximum atomic E-state index is 5.85. The van der Waals surface area contributed by atoms with Crippen molar-refractivity contribution in [3.63, 3.8) is 0 Å². The summed E-state index contributed by atoms with van der Waals surface area (Å²) in [6, 6.07) is 0. The largest absolute Gasteiger partial charge is 0.378 e. The molecule has 0 bridgehead atoms. The van der Waals surface area contributed by atoms with Gasteiger partial charge in [0.05, 0.1) is 6.10 Å². The molecule has 0 amide bonds. The molecule has 1 saturated carbocycles. The molecular formula is C14H27NO. The molecule has 2 aliphatic rings. The monoisotopic (exact) mass is 225 g/mol. The highest BCUT2D eigenvalue weighted by Crippen LogP contribution is 2.50. The molecule has 0 spiro atoms. The first-order valence-electron chi connectivity index (χ1n) is 6.81. The minimum absolute atomic E-state index is 0.221. The van der Waals surface area contributed by atoms with Crippen molar-refractivity contribution in [2.75, 3.05) is 13.2 Å². The zero-order valence-corrected chi connectivity index (χ0v) is 11.3. The van der Waals surface area contributed by atoms with Crippen LogP contribution in [0.15, 0.2) is 0 Å². The van der Waals surface area contributed by atoms with Gasteiger partial charge in [-0.05, 0) is 52.9 Å². The van der Waals surface area contributed by atoms with Crippen molar-refractivity contribution in [1.82, 2.24) is 5.32 Å². The molecule has 2 rings (SSSR count). The summed E-state index contributed by atoms with van der Waals surface area (Å²) in [6.07, 6.45) is 5.95. The van der Waals surface area contributed by atoms with Crippen LogP contribution in [-0.2, 0) is 4.74 Å². The number of hydrogen-bond donors (Lipinski definition) is 1. The molecule has 0 radical (unpaired) electrons. The van der Waals surface area contributed by atoms with Crippen LogP contribution in [-0.4, -0.2) is 24.8 Å². The molecule has 0 aromatic carbocycles. The van der Waals surface area contributed by atoms with Gasteiger partial charge in [0, 0.05) is 24.1 Å². The fourth-order valence-electron chi connectivity index (χ4n) is 3.12. The predicted octanol–water partition coefficient (Wildman–Crippen LogP) is 2.97. The van der Waals surface area contributed by atoms with Gasteiger partial charge < -0.3 is 10.1 Å². The van der Waals surface area contributed by atoms with Gasteiger partial charge in [0.25, 0.3) is 0 Å². The SMILES string of the molecule is CC1OCCC1(CNC(C)(C)C)C1CCC1. The second-order valence-electron chi connectivity index (χ2n) is 6.73. The molecule has 1 aliphatic carbocycles. The van der Waals surface area contributed by atoms with E-state index < -0.39 is 0 Å². The number of ether oxygens (including phenoxy) is 1. The molecule has 2 atom stereocenters. The van der Waals surface area contributed by atoms with Crippen LogP contribution in [0.5, 0.6) is 0 Å². The fourth-order valence-corrected chi connectivity index (χ4v) is 3.12. The Bertz CT molecular complexity index is 242. The molecule has 1 heterocycles. The summed E-state index contributed by atoms with van der Waals surface area (Å²) in [5.74, 6) is 0.903. The van der Waals surface area contributed by atoms with Crippen LogP contribution in [0.25, 0.3) is 0 Å². The first-order valence-corrected chi connectivity index (χ1v) is 6.81. The Kier molecular flexibility index (Phi) is 3.33. The van der Waals surface area contributed by atoms with E-state index in [4.69, 9.17) is 4.74 Å². The first kappa shape index (κ1) is 12.4. The van der Waals surface area contributed by atoms with E-state index in [2.05, 4.69) is 33.0 Å². The Morgan fingerprint density at radius 2 is 2.00 bits per heavy atom. The summed E-state index contributed by atoms with van der Waals surface area (Å²) >= 11 is 0. The van der Waals surface area contributed by atoms with E-state index in [-0.39, 0.29) is 5.54 Å². The van der Waals surface area contributed by atoms with Crippen LogP contribution >= 0.6 is 0 Å². The second-order valence-corrected chi connectivity index (χ2v) is 6.73. The molecule has 1 saturated heterocycles. The molecule has 2 unspecified atom stereocenters. The molecule has 0 aromatic rings. The Balaban J connectivity index is 2.03. The maximum absolute atomic E-state index is 5.85. The summed E-state index contributed by atoms with van der Waals surface area (Å²) in [5, 5.41) is 3.70. The van der Waals surface area contributed by atoms with Gasteiger partial charge in [0.2, 0.25) is 0 Å². The first-order chi connectivity index (χ1) is 7.44. The van der Waals surface area contributed by atoms with E-state index in [9.17, 15) is 0 Å². The molecule has 0 aromatic heterocycles. The summed E-state index contributed by atoms with van der Waals surface area (Å²) in [6.45, 7) is 11.1. The zero-order valence-electron chi connectivity index (χ0n) is 11.3. The Hall–Kier alpha value is -0.0800. The van der Waals surface area contributed by atoms with Crippen LogP contribution in [0.2, 0.25) is 0 Å². The van der Waals surface area contributed by atoms with Crippen molar-refractivity contribution in [2.24, 2.45) is 11.3 Å². The van der Waals surface area contributed by atoms with Gasteiger partial charge in [-0.25, -0.2) is 0 Å². The second kappa shape index (κ2) is 4.30. The molecule has 1 aliphatic heterocycles. The van der Waals surface area contributed by atoms with Gasteiger partial charge in [0.1, 0.15) is 0 Å². The van der Waals surface area contributed by atoms with Crippen LogP contribution in [0.1, 0.15) is 53.4 Å². The molecule has 1 N–H and O–H groups in total. The van der Waals surface area contributed by atoms with Gasteiger partial charge in [-0.3, -0.25) is 0 Å². The molecular weight excluding hydrogens is 198 g/mol. The van der Waals surface area contributed by atoms with Gasteiger partial charge >= 0.3 is 0 Å². The Labute approximate surface area is 100 Å². The molecule has 2 heteroatoms. The third kappa shape index (κ3) is 2.28. The summed E-state index contributed by atoms with van der Waals surface area (Å²) in [4.78, 5) is 0. The van der Waals surface area contributed by atoms with Crippen LogP contribution < -0.4 is 5.32 Å². The molecule has 2 nitrogen and oxygen atoms in total. The smallest absolute Gasteiger partial charge is 0.0618 e. The average Bonchev–Trinajstić information content (AvgIpc) is 2.42. The lowest BCUT2D eigenvalue weighted by atomic mass is 9.62. The van der Waals surface area contributed by atoms with E-state index in [0.29, 0.717) is 11.5 Å². The number of nitrogens with one attached hydrogen (secondary N) is 1. The highest BCUT2D eigenvalue weighted by molar-refractivity contribution is 5.00. The van der Waals surface area contributed by atoms with Gasteiger partial charge in [-0.15, -0.1) is 0 Å². The number of rotatable bonds is 3. The lowest BCUT2D eigenvalue weighted by Crippen LogP contribution is -2.51. The zero-order chi connectivity index (χ0) is 11.8. The summed E-state index contributed by atoms with van der Waals surface area (Å²) in [7, 11) is 0. The van der Waals surface area contributed by atoms with Crippen molar-refractivity contribution in [2.45, 2.75) is 65.0 Å². The van der Waals surface area contributed by atoms with Gasteiger partial charge in [-0.1, -0.05) is 6.42 Å². The fraction of sp³-hybridized carbons (Fsp3) is 1.00. The van der Waals surface area contributed by atoms with Crippen molar-refractivity contribution in [1.29, 1.82) is 0 Å². The van der Waals surface area contributed by atoms with E-state index >= 15 is 0 Å². The van der Waals surface area contributed by atoms with Gasteiger partial charge in [-0.2, -0.15) is 0 Å². The Morgan fingerprint density at radius 1 is 1.31 bits per heavy atom. The third-order valence-corrected chi connectivity index (χ3v) is 4.61. The predicted molar refractivity (Wildman–Crippen MR) is 67.6 cm³/mol. The minimum atomic E-state index is 0.221. The van der Waals surface area contributed by atoms with E-state index in [1.807, 2.05) is 0 Å². The van der Waals surface area contributed by atoms with Crippen molar-refractivity contribution in [3.8, 4) is 0 Å². The third-order valence-electron chi connectivity index (χ3n) is 4.61. The average molecular weight is 225 g/mol. The minimum Gasteiger partial charge on any atom is -0.378 e. The van der Waals surface area contributed by atoms with Crippen LogP contribution in [0.4, 0.5) is 0 Å². The highest BCUT2D eigenvalue weighted by Gasteiger charge is 2.49. The van der Waals surface area contributed by atoms with Crippen molar-refractivity contribution in [3.05, 3.63) is 0 Å². The maximum Gasteiger partial charge on any atom is 0.0618 e. The van der Waals surface area contributed by atoms with Crippen LogP contribution in [0, 0.1) is 11.3 Å². The number of hydrogen-bond acceptors (Lipinski definition) is 2. The van der Waals surface area contributed by atoms with E-state index in [1.165, 1.54) is 25.7 Å². The van der Waals surface area contributed by atoms with E-state index in [0.717, 1.165) is 19.1 Å². The molecule has 94 valence electrons. The van der Waals surface area contributed by atoms with E-state index in [1.54, 1.807) is 0 Å². The summed E-state index contributed by atoms with van der Waals surface area (Å²) < 4.78 is 5.85. The van der Waals surface area contributed by atoms with Crippen molar-refractivity contribution >= 4 is 0 Å². The van der Waals surface area contributed by atoms with Gasteiger partial charge in [0.15, 0.2) is 0 Å². The lowest BCUT2D eigenvalue weighted by molar-refractivity contribution is -0.00386. The summed E-state index contributed by atoms with van der Waals surface area (Å²) in [5.41, 5.74) is 0.643. The standard InChI is InChI=1S/C14H27NO/c1-11-14(8-9-16-11,12-6-5-7-12)10-15-13(2,3)4/h11-12,15H,5-10H2,1-4H3. The highest BCUT2D eigenvalue weighted by atomic mass is 16.5. The van der Waals surface area contributed by atoms with Crippen molar-refractivity contribution < 1.29 is 4.74 Å². The lowest BCUT2D eigenvalue weighted by Gasteiger charge is -2.46. The Morgan fingerprint density at radius 3 is 2.38 bits per heavy atom. The normalized spacial score (nSPS) is 36.4. The quantitative estimate of drug-likeness (QED) is 0.797. The molecule has 16 heavy (non-hydrogen) atoms. The topological polar surface area (TPSA) is 21.3 Å². The molecule has 2 fully saturated rings. The van der Waals surface area contributed by atoms with Crippen LogP contribution in [0.3, 0.4) is 0 Å².